The van der Waals surface area contributed by atoms with Crippen molar-refractivity contribution in [3.63, 3.8) is 0 Å². The summed E-state index contributed by atoms with van der Waals surface area (Å²) < 4.78 is 32.3. The Labute approximate surface area is 135 Å². The molecule has 2 rings (SSSR count). The standard InChI is InChI=1S/C15H18N4O3S/c1-4-9-16-14-7-8-15(18-17-14)19-23(20,21)13-6-5-12(22-3)10-11(13)2/h4-8,10H,1,9H2,2-3H3,(H,16,17)(H,18,19). The van der Waals surface area contributed by atoms with E-state index in [2.05, 4.69) is 26.8 Å². The van der Waals surface area contributed by atoms with E-state index in [0.29, 0.717) is 23.7 Å². The number of sulfonamides is 1. The molecule has 1 heterocycles. The van der Waals surface area contributed by atoms with Gasteiger partial charge in [-0.3, -0.25) is 4.72 Å². The van der Waals surface area contributed by atoms with Gasteiger partial charge in [-0.2, -0.15) is 0 Å². The van der Waals surface area contributed by atoms with Crippen molar-refractivity contribution in [1.82, 2.24) is 10.2 Å². The second-order valence-electron chi connectivity index (χ2n) is 4.71. The smallest absolute Gasteiger partial charge is 0.263 e. The van der Waals surface area contributed by atoms with Gasteiger partial charge >= 0.3 is 0 Å². The zero-order valence-corrected chi connectivity index (χ0v) is 13.7. The minimum absolute atomic E-state index is 0.143. The molecule has 0 aliphatic carbocycles. The Balaban J connectivity index is 2.19. The van der Waals surface area contributed by atoms with Crippen LogP contribution in [0.3, 0.4) is 0 Å². The lowest BCUT2D eigenvalue weighted by Gasteiger charge is -2.11. The van der Waals surface area contributed by atoms with Gasteiger partial charge in [-0.1, -0.05) is 6.08 Å². The van der Waals surface area contributed by atoms with Crippen LogP contribution in [0.15, 0.2) is 47.9 Å². The minimum Gasteiger partial charge on any atom is -0.497 e. The van der Waals surface area contributed by atoms with Gasteiger partial charge in [0.05, 0.1) is 12.0 Å². The van der Waals surface area contributed by atoms with Crippen molar-refractivity contribution in [3.05, 3.63) is 48.6 Å². The number of benzene rings is 1. The molecule has 0 saturated heterocycles. The zero-order valence-electron chi connectivity index (χ0n) is 12.9. The highest BCUT2D eigenvalue weighted by Gasteiger charge is 2.18. The first-order valence-corrected chi connectivity index (χ1v) is 8.30. The number of hydrogen-bond acceptors (Lipinski definition) is 6. The normalized spacial score (nSPS) is 10.9. The van der Waals surface area contributed by atoms with Crippen molar-refractivity contribution >= 4 is 21.7 Å². The molecule has 0 aliphatic heterocycles. The highest BCUT2D eigenvalue weighted by molar-refractivity contribution is 7.92. The van der Waals surface area contributed by atoms with Crippen LogP contribution < -0.4 is 14.8 Å². The van der Waals surface area contributed by atoms with E-state index < -0.39 is 10.0 Å². The first-order valence-electron chi connectivity index (χ1n) is 6.82. The lowest BCUT2D eigenvalue weighted by atomic mass is 10.2. The van der Waals surface area contributed by atoms with Crippen molar-refractivity contribution in [3.8, 4) is 5.75 Å². The molecule has 2 N–H and O–H groups in total. The minimum atomic E-state index is -3.74. The van der Waals surface area contributed by atoms with Gasteiger partial charge in [-0.05, 0) is 42.8 Å². The molecule has 0 atom stereocenters. The fourth-order valence-electron chi connectivity index (χ4n) is 1.90. The van der Waals surface area contributed by atoms with Gasteiger partial charge in [-0.25, -0.2) is 8.42 Å². The number of rotatable bonds is 7. The number of hydrogen-bond donors (Lipinski definition) is 2. The highest BCUT2D eigenvalue weighted by atomic mass is 32.2. The first-order chi connectivity index (χ1) is 11.0. The Bertz CT molecular complexity index is 789. The summed E-state index contributed by atoms with van der Waals surface area (Å²) in [6, 6.07) is 7.91. The van der Waals surface area contributed by atoms with E-state index in [1.54, 1.807) is 31.2 Å². The maximum Gasteiger partial charge on any atom is 0.263 e. The van der Waals surface area contributed by atoms with Gasteiger partial charge < -0.3 is 10.1 Å². The Morgan fingerprint density at radius 2 is 1.91 bits per heavy atom. The largest absolute Gasteiger partial charge is 0.497 e. The monoisotopic (exact) mass is 334 g/mol. The maximum atomic E-state index is 12.4. The molecule has 23 heavy (non-hydrogen) atoms. The number of aryl methyl sites for hydroxylation is 1. The van der Waals surface area contributed by atoms with E-state index in [1.807, 2.05) is 0 Å². The summed E-state index contributed by atoms with van der Waals surface area (Å²) in [4.78, 5) is 0.161. The molecular weight excluding hydrogens is 316 g/mol. The van der Waals surface area contributed by atoms with E-state index in [4.69, 9.17) is 4.74 Å². The average molecular weight is 334 g/mol. The van der Waals surface area contributed by atoms with Gasteiger partial charge in [0.2, 0.25) is 0 Å². The summed E-state index contributed by atoms with van der Waals surface area (Å²) in [5, 5.41) is 10.7. The van der Waals surface area contributed by atoms with Crippen molar-refractivity contribution in [2.45, 2.75) is 11.8 Å². The summed E-state index contributed by atoms with van der Waals surface area (Å²) >= 11 is 0. The molecule has 0 radical (unpaired) electrons. The molecule has 7 nitrogen and oxygen atoms in total. The number of methoxy groups -OCH3 is 1. The van der Waals surface area contributed by atoms with E-state index in [9.17, 15) is 8.42 Å². The number of nitrogens with zero attached hydrogens (tertiary/aromatic N) is 2. The van der Waals surface area contributed by atoms with Crippen molar-refractivity contribution in [1.29, 1.82) is 0 Å². The molecule has 2 aromatic rings. The second kappa shape index (κ2) is 7.10. The fourth-order valence-corrected chi connectivity index (χ4v) is 3.12. The van der Waals surface area contributed by atoms with E-state index >= 15 is 0 Å². The summed E-state index contributed by atoms with van der Waals surface area (Å²) in [6.07, 6.45) is 1.69. The van der Waals surface area contributed by atoms with Crippen molar-refractivity contribution < 1.29 is 13.2 Å². The summed E-state index contributed by atoms with van der Waals surface area (Å²) in [5.41, 5.74) is 0.578. The lowest BCUT2D eigenvalue weighted by Crippen LogP contribution is -2.15. The SMILES string of the molecule is C=CCNc1ccc(NS(=O)(=O)c2ccc(OC)cc2C)nn1. The predicted molar refractivity (Wildman–Crippen MR) is 89.3 cm³/mol. The lowest BCUT2D eigenvalue weighted by molar-refractivity contribution is 0.414. The molecular formula is C15H18N4O3S. The quantitative estimate of drug-likeness (QED) is 0.754. The Morgan fingerprint density at radius 1 is 1.22 bits per heavy atom. The molecule has 0 spiro atoms. The number of ether oxygens (including phenoxy) is 1. The molecule has 0 bridgehead atoms. The summed E-state index contributed by atoms with van der Waals surface area (Å²) in [5.74, 6) is 1.27. The number of anilines is 2. The van der Waals surface area contributed by atoms with Gasteiger partial charge in [0.25, 0.3) is 10.0 Å². The van der Waals surface area contributed by atoms with Crippen LogP contribution in [0.1, 0.15) is 5.56 Å². The Kier molecular flexibility index (Phi) is 5.17. The van der Waals surface area contributed by atoms with Crippen LogP contribution in [-0.2, 0) is 10.0 Å². The van der Waals surface area contributed by atoms with Crippen LogP contribution in [0.25, 0.3) is 0 Å². The van der Waals surface area contributed by atoms with Crippen LogP contribution >= 0.6 is 0 Å². The van der Waals surface area contributed by atoms with Crippen LogP contribution in [0, 0.1) is 6.92 Å². The van der Waals surface area contributed by atoms with E-state index in [1.165, 1.54) is 19.2 Å². The fraction of sp³-hybridized carbons (Fsp3) is 0.200. The van der Waals surface area contributed by atoms with Gasteiger partial charge in [0, 0.05) is 6.54 Å². The van der Waals surface area contributed by atoms with E-state index in [0.717, 1.165) is 0 Å². The highest BCUT2D eigenvalue weighted by Crippen LogP contribution is 2.22. The average Bonchev–Trinajstić information content (AvgIpc) is 2.53. The zero-order chi connectivity index (χ0) is 16.9. The molecule has 0 fully saturated rings. The molecule has 1 aromatic heterocycles. The van der Waals surface area contributed by atoms with Crippen LogP contribution in [0.4, 0.5) is 11.6 Å². The Hall–Kier alpha value is -2.61. The van der Waals surface area contributed by atoms with Crippen molar-refractivity contribution in [2.24, 2.45) is 0 Å². The van der Waals surface area contributed by atoms with Crippen LogP contribution in [-0.4, -0.2) is 32.3 Å². The molecule has 0 aliphatic rings. The van der Waals surface area contributed by atoms with Crippen LogP contribution in [0.5, 0.6) is 5.75 Å². The molecule has 0 unspecified atom stereocenters. The number of aromatic nitrogens is 2. The second-order valence-corrected chi connectivity index (χ2v) is 6.36. The topological polar surface area (TPSA) is 93.2 Å². The third-order valence-electron chi connectivity index (χ3n) is 3.00. The summed E-state index contributed by atoms with van der Waals surface area (Å²) in [7, 11) is -2.22. The third kappa shape index (κ3) is 4.19. The molecule has 8 heteroatoms. The Morgan fingerprint density at radius 3 is 2.48 bits per heavy atom. The molecule has 0 amide bonds. The van der Waals surface area contributed by atoms with Crippen LogP contribution in [0.2, 0.25) is 0 Å². The van der Waals surface area contributed by atoms with Gasteiger partial charge in [0.1, 0.15) is 11.6 Å². The van der Waals surface area contributed by atoms with E-state index in [-0.39, 0.29) is 10.7 Å². The molecule has 1 aromatic carbocycles. The molecule has 0 saturated carbocycles. The predicted octanol–water partition coefficient (Wildman–Crippen LogP) is 2.19. The molecule has 122 valence electrons. The summed E-state index contributed by atoms with van der Waals surface area (Å²) in [6.45, 7) is 5.83. The third-order valence-corrected chi connectivity index (χ3v) is 4.52. The van der Waals surface area contributed by atoms with Gasteiger partial charge in [-0.15, -0.1) is 16.8 Å². The number of nitrogens with one attached hydrogen (secondary N) is 2. The van der Waals surface area contributed by atoms with Crippen molar-refractivity contribution in [2.75, 3.05) is 23.7 Å². The maximum absolute atomic E-state index is 12.4. The first kappa shape index (κ1) is 16.8. The van der Waals surface area contributed by atoms with Gasteiger partial charge in [0.15, 0.2) is 5.82 Å².